The Labute approximate surface area is 140 Å². The number of anilines is 1. The quantitative estimate of drug-likeness (QED) is 0.581. The van der Waals surface area contributed by atoms with Gasteiger partial charge in [-0.1, -0.05) is 24.9 Å². The van der Waals surface area contributed by atoms with Gasteiger partial charge in [-0.2, -0.15) is 0 Å². The number of ether oxygens (including phenoxy) is 1. The van der Waals surface area contributed by atoms with Crippen molar-refractivity contribution < 1.29 is 18.3 Å². The smallest absolute Gasteiger partial charge is 0.262 e. The number of sulfonamides is 1. The van der Waals surface area contributed by atoms with Crippen molar-refractivity contribution in [1.82, 2.24) is 0 Å². The zero-order chi connectivity index (χ0) is 16.9. The first-order valence-corrected chi connectivity index (χ1v) is 9.02. The fourth-order valence-electron chi connectivity index (χ4n) is 1.84. The van der Waals surface area contributed by atoms with Crippen molar-refractivity contribution in [2.45, 2.75) is 24.7 Å². The highest BCUT2D eigenvalue weighted by Gasteiger charge is 2.16. The van der Waals surface area contributed by atoms with Crippen molar-refractivity contribution in [3.05, 3.63) is 47.5 Å². The molecule has 0 aliphatic rings. The lowest BCUT2D eigenvalue weighted by molar-refractivity contribution is 0.309. The number of halogens is 1. The fourth-order valence-corrected chi connectivity index (χ4v) is 3.08. The van der Waals surface area contributed by atoms with Crippen molar-refractivity contribution in [2.75, 3.05) is 11.3 Å². The van der Waals surface area contributed by atoms with E-state index in [2.05, 4.69) is 11.6 Å². The molecule has 2 aromatic carbocycles. The predicted octanol–water partition coefficient (Wildman–Crippen LogP) is 4.03. The van der Waals surface area contributed by atoms with E-state index in [1.165, 1.54) is 30.3 Å². The average molecular weight is 356 g/mol. The summed E-state index contributed by atoms with van der Waals surface area (Å²) < 4.78 is 32.5. The van der Waals surface area contributed by atoms with Crippen LogP contribution >= 0.6 is 11.6 Å². The first kappa shape index (κ1) is 17.4. The van der Waals surface area contributed by atoms with E-state index < -0.39 is 10.0 Å². The standard InChI is InChI=1S/C16H18ClNO4S/c1-2-3-10-22-13-5-7-14(8-6-13)23(20,21)18-15-11-12(17)4-9-16(15)19/h4-9,11,18-19H,2-3,10H2,1H3. The van der Waals surface area contributed by atoms with E-state index in [1.807, 2.05) is 0 Å². The summed E-state index contributed by atoms with van der Waals surface area (Å²) in [6, 6.07) is 10.2. The van der Waals surface area contributed by atoms with E-state index in [9.17, 15) is 13.5 Å². The summed E-state index contributed by atoms with van der Waals surface area (Å²) in [4.78, 5) is 0.0692. The molecular weight excluding hydrogens is 338 g/mol. The molecule has 0 atom stereocenters. The molecule has 0 aromatic heterocycles. The maximum absolute atomic E-state index is 12.3. The second kappa shape index (κ2) is 7.57. The van der Waals surface area contributed by atoms with Gasteiger partial charge in [-0.25, -0.2) is 8.42 Å². The van der Waals surface area contributed by atoms with Crippen LogP contribution < -0.4 is 9.46 Å². The first-order valence-electron chi connectivity index (χ1n) is 7.16. The van der Waals surface area contributed by atoms with Crippen molar-refractivity contribution in [3.8, 4) is 11.5 Å². The molecule has 5 nitrogen and oxygen atoms in total. The van der Waals surface area contributed by atoms with Gasteiger partial charge in [0.15, 0.2) is 0 Å². The van der Waals surface area contributed by atoms with E-state index in [-0.39, 0.29) is 16.3 Å². The SMILES string of the molecule is CCCCOc1ccc(S(=O)(=O)Nc2cc(Cl)ccc2O)cc1. The van der Waals surface area contributed by atoms with Crippen LogP contribution in [0.4, 0.5) is 5.69 Å². The molecule has 2 rings (SSSR count). The zero-order valence-corrected chi connectivity index (χ0v) is 14.2. The molecule has 23 heavy (non-hydrogen) atoms. The monoisotopic (exact) mass is 355 g/mol. The molecule has 2 N–H and O–H groups in total. The minimum atomic E-state index is -3.82. The molecule has 0 bridgehead atoms. The lowest BCUT2D eigenvalue weighted by Gasteiger charge is -2.11. The average Bonchev–Trinajstić information content (AvgIpc) is 2.51. The Morgan fingerprint density at radius 1 is 1.17 bits per heavy atom. The van der Waals surface area contributed by atoms with Gasteiger partial charge in [0.05, 0.1) is 17.2 Å². The van der Waals surface area contributed by atoms with Crippen LogP contribution in [-0.4, -0.2) is 20.1 Å². The minimum absolute atomic E-state index is 0.0285. The molecule has 0 spiro atoms. The Balaban J connectivity index is 2.14. The maximum atomic E-state index is 12.3. The molecule has 0 heterocycles. The Hall–Kier alpha value is -1.92. The van der Waals surface area contributed by atoms with Gasteiger partial charge in [-0.3, -0.25) is 4.72 Å². The number of phenols is 1. The normalized spacial score (nSPS) is 11.2. The number of benzene rings is 2. The minimum Gasteiger partial charge on any atom is -0.506 e. The van der Waals surface area contributed by atoms with Crippen LogP contribution in [-0.2, 0) is 10.0 Å². The van der Waals surface area contributed by atoms with E-state index >= 15 is 0 Å². The third-order valence-corrected chi connectivity index (χ3v) is 4.72. The number of nitrogens with one attached hydrogen (secondary N) is 1. The topological polar surface area (TPSA) is 75.6 Å². The van der Waals surface area contributed by atoms with Gasteiger partial charge in [0.25, 0.3) is 10.0 Å². The highest BCUT2D eigenvalue weighted by molar-refractivity contribution is 7.92. The summed E-state index contributed by atoms with van der Waals surface area (Å²) in [5, 5.41) is 10.0. The summed E-state index contributed by atoms with van der Waals surface area (Å²) in [7, 11) is -3.82. The van der Waals surface area contributed by atoms with Crippen LogP contribution in [0.25, 0.3) is 0 Å². The Kier molecular flexibility index (Phi) is 5.74. The van der Waals surface area contributed by atoms with E-state index in [0.29, 0.717) is 17.4 Å². The van der Waals surface area contributed by atoms with E-state index in [1.54, 1.807) is 12.1 Å². The predicted molar refractivity (Wildman–Crippen MR) is 90.8 cm³/mol. The van der Waals surface area contributed by atoms with Gasteiger partial charge in [-0.05, 0) is 48.9 Å². The molecule has 0 fully saturated rings. The molecule has 124 valence electrons. The van der Waals surface area contributed by atoms with Crippen molar-refractivity contribution in [1.29, 1.82) is 0 Å². The number of phenolic OH excluding ortho intramolecular Hbond substituents is 1. The number of rotatable bonds is 7. The first-order chi connectivity index (χ1) is 10.9. The van der Waals surface area contributed by atoms with Crippen LogP contribution in [0.5, 0.6) is 11.5 Å². The van der Waals surface area contributed by atoms with Gasteiger partial charge in [-0.15, -0.1) is 0 Å². The second-order valence-corrected chi connectivity index (χ2v) is 7.06. The Morgan fingerprint density at radius 3 is 2.52 bits per heavy atom. The Morgan fingerprint density at radius 2 is 1.87 bits per heavy atom. The summed E-state index contributed by atoms with van der Waals surface area (Å²) >= 11 is 5.81. The largest absolute Gasteiger partial charge is 0.506 e. The highest BCUT2D eigenvalue weighted by atomic mass is 35.5. The van der Waals surface area contributed by atoms with Gasteiger partial charge >= 0.3 is 0 Å². The molecule has 0 unspecified atom stereocenters. The maximum Gasteiger partial charge on any atom is 0.262 e. The summed E-state index contributed by atoms with van der Waals surface area (Å²) in [6.45, 7) is 2.66. The zero-order valence-electron chi connectivity index (χ0n) is 12.6. The van der Waals surface area contributed by atoms with Gasteiger partial charge in [0.2, 0.25) is 0 Å². The number of hydrogen-bond donors (Lipinski definition) is 2. The molecule has 0 radical (unpaired) electrons. The fraction of sp³-hybridized carbons (Fsp3) is 0.250. The van der Waals surface area contributed by atoms with Crippen molar-refractivity contribution in [3.63, 3.8) is 0 Å². The van der Waals surface area contributed by atoms with E-state index in [0.717, 1.165) is 12.8 Å². The number of hydrogen-bond acceptors (Lipinski definition) is 4. The van der Waals surface area contributed by atoms with E-state index in [4.69, 9.17) is 16.3 Å². The second-order valence-electron chi connectivity index (χ2n) is 4.94. The Bertz CT molecular complexity index is 760. The van der Waals surface area contributed by atoms with Crippen LogP contribution in [0.2, 0.25) is 5.02 Å². The lowest BCUT2D eigenvalue weighted by atomic mass is 10.3. The van der Waals surface area contributed by atoms with Gasteiger partial charge in [0.1, 0.15) is 11.5 Å². The molecule has 0 saturated heterocycles. The number of unbranched alkanes of at least 4 members (excludes halogenated alkanes) is 1. The molecule has 7 heteroatoms. The highest BCUT2D eigenvalue weighted by Crippen LogP contribution is 2.29. The van der Waals surface area contributed by atoms with Crippen molar-refractivity contribution >= 4 is 27.3 Å². The summed E-state index contributed by atoms with van der Waals surface area (Å²) in [5.41, 5.74) is 0.0285. The molecule has 0 saturated carbocycles. The molecule has 0 aliphatic carbocycles. The van der Waals surface area contributed by atoms with Crippen LogP contribution in [0.1, 0.15) is 19.8 Å². The summed E-state index contributed by atoms with van der Waals surface area (Å²) in [5.74, 6) is 0.417. The van der Waals surface area contributed by atoms with Crippen LogP contribution in [0, 0.1) is 0 Å². The molecule has 0 aliphatic heterocycles. The molecular formula is C16H18ClNO4S. The van der Waals surface area contributed by atoms with Gasteiger partial charge < -0.3 is 9.84 Å². The van der Waals surface area contributed by atoms with Gasteiger partial charge in [0, 0.05) is 5.02 Å². The third-order valence-electron chi connectivity index (χ3n) is 3.10. The summed E-state index contributed by atoms with van der Waals surface area (Å²) in [6.07, 6.45) is 1.97. The van der Waals surface area contributed by atoms with Crippen LogP contribution in [0.15, 0.2) is 47.4 Å². The lowest BCUT2D eigenvalue weighted by Crippen LogP contribution is -2.13. The van der Waals surface area contributed by atoms with Crippen LogP contribution in [0.3, 0.4) is 0 Å². The van der Waals surface area contributed by atoms with Crippen molar-refractivity contribution in [2.24, 2.45) is 0 Å². The third kappa shape index (κ3) is 4.77. The molecule has 2 aromatic rings. The number of aromatic hydroxyl groups is 1. The molecule has 0 amide bonds.